The summed E-state index contributed by atoms with van der Waals surface area (Å²) in [7, 11) is 0. The summed E-state index contributed by atoms with van der Waals surface area (Å²) in [6.45, 7) is 5.21. The number of nitrogens with one attached hydrogen (secondary N) is 1. The molecule has 1 aromatic carbocycles. The predicted octanol–water partition coefficient (Wildman–Crippen LogP) is 3.30. The van der Waals surface area contributed by atoms with Crippen LogP contribution < -0.4 is 5.32 Å². The van der Waals surface area contributed by atoms with Gasteiger partial charge in [0.25, 0.3) is 0 Å². The van der Waals surface area contributed by atoms with E-state index in [0.717, 1.165) is 11.1 Å². The normalized spacial score (nSPS) is 28.5. The molecule has 32 heavy (non-hydrogen) atoms. The molecule has 2 fully saturated rings. The Balaban J connectivity index is 1.38. The van der Waals surface area contributed by atoms with Crippen LogP contribution in [-0.4, -0.2) is 34.5 Å². The van der Waals surface area contributed by atoms with E-state index in [9.17, 15) is 23.2 Å². The van der Waals surface area contributed by atoms with E-state index < -0.39 is 54.3 Å². The summed E-state index contributed by atoms with van der Waals surface area (Å²) in [4.78, 5) is 39.9. The Kier molecular flexibility index (Phi) is 5.78. The van der Waals surface area contributed by atoms with Crippen molar-refractivity contribution in [3.63, 3.8) is 0 Å². The fraction of sp³-hybridized carbons (Fsp3) is 0.583. The Morgan fingerprint density at radius 3 is 2.72 bits per heavy atom. The maximum Gasteiger partial charge on any atom is 0.250 e. The topological polar surface area (TPSA) is 90.3 Å². The summed E-state index contributed by atoms with van der Waals surface area (Å²) in [5.41, 5.74) is 3.48. The molecule has 0 radical (unpaired) electrons. The Hall–Kier alpha value is -2.82. The van der Waals surface area contributed by atoms with Gasteiger partial charge in [0.1, 0.15) is 0 Å². The molecule has 1 N–H and O–H groups in total. The van der Waals surface area contributed by atoms with Crippen LogP contribution in [0, 0.1) is 29.1 Å². The average Bonchev–Trinajstić information content (AvgIpc) is 3.41. The van der Waals surface area contributed by atoms with Crippen LogP contribution in [0.1, 0.15) is 62.1 Å². The molecule has 2 heterocycles. The summed E-state index contributed by atoms with van der Waals surface area (Å²) in [5, 5.41) is 11.7. The number of nitriles is 1. The number of hydrogen-bond donors (Lipinski definition) is 1. The first-order valence-electron chi connectivity index (χ1n) is 11.1. The van der Waals surface area contributed by atoms with Crippen molar-refractivity contribution in [2.45, 2.75) is 70.5 Å². The quantitative estimate of drug-likeness (QED) is 0.756. The van der Waals surface area contributed by atoms with E-state index in [1.807, 2.05) is 18.2 Å². The zero-order chi connectivity index (χ0) is 23.2. The summed E-state index contributed by atoms with van der Waals surface area (Å²) < 4.78 is 27.5. The SMILES string of the molecule is CC(C)c1cccc2c1CN(C(=O)C[C@@H]1CC(C(=O)C3CC(F)(F)C[C@H]3C#N)NC1=O)C2. The number of alkyl halides is 2. The monoisotopic (exact) mass is 443 g/mol. The van der Waals surface area contributed by atoms with Crippen molar-refractivity contribution in [3.8, 4) is 6.07 Å². The number of ketones is 1. The van der Waals surface area contributed by atoms with E-state index in [4.69, 9.17) is 5.26 Å². The highest BCUT2D eigenvalue weighted by Crippen LogP contribution is 2.44. The van der Waals surface area contributed by atoms with Crippen LogP contribution in [0.5, 0.6) is 0 Å². The first-order valence-corrected chi connectivity index (χ1v) is 11.1. The minimum Gasteiger partial charge on any atom is -0.346 e. The molecule has 1 aliphatic carbocycles. The van der Waals surface area contributed by atoms with Gasteiger partial charge in [0.2, 0.25) is 17.7 Å². The van der Waals surface area contributed by atoms with Crippen molar-refractivity contribution >= 4 is 17.6 Å². The maximum atomic E-state index is 13.7. The third kappa shape index (κ3) is 4.13. The van der Waals surface area contributed by atoms with Crippen molar-refractivity contribution in [1.29, 1.82) is 5.26 Å². The van der Waals surface area contributed by atoms with Crippen molar-refractivity contribution in [2.75, 3.05) is 0 Å². The van der Waals surface area contributed by atoms with Crippen molar-refractivity contribution in [3.05, 3.63) is 34.9 Å². The molecule has 0 aromatic heterocycles. The van der Waals surface area contributed by atoms with Crippen molar-refractivity contribution in [2.24, 2.45) is 17.8 Å². The smallest absolute Gasteiger partial charge is 0.250 e. The average molecular weight is 443 g/mol. The van der Waals surface area contributed by atoms with Gasteiger partial charge in [-0.05, 0) is 29.0 Å². The van der Waals surface area contributed by atoms with Gasteiger partial charge < -0.3 is 10.2 Å². The lowest BCUT2D eigenvalue weighted by Gasteiger charge is -2.18. The molecule has 4 atom stereocenters. The minimum absolute atomic E-state index is 0.0247. The van der Waals surface area contributed by atoms with Gasteiger partial charge in [-0.2, -0.15) is 5.26 Å². The minimum atomic E-state index is -3.04. The van der Waals surface area contributed by atoms with Gasteiger partial charge in [0.15, 0.2) is 5.78 Å². The highest BCUT2D eigenvalue weighted by molar-refractivity contribution is 5.96. The van der Waals surface area contributed by atoms with Gasteiger partial charge in [-0.3, -0.25) is 14.4 Å². The van der Waals surface area contributed by atoms with Crippen LogP contribution >= 0.6 is 0 Å². The first kappa shape index (κ1) is 22.4. The first-order chi connectivity index (χ1) is 15.1. The predicted molar refractivity (Wildman–Crippen MR) is 111 cm³/mol. The Bertz CT molecular complexity index is 1000. The molecule has 1 saturated carbocycles. The lowest BCUT2D eigenvalue weighted by atomic mass is 9.87. The number of fused-ring (bicyclic) bond motifs is 1. The molecule has 4 rings (SSSR count). The molecule has 0 spiro atoms. The number of nitrogens with zero attached hydrogens (tertiary/aromatic N) is 2. The molecule has 170 valence electrons. The lowest BCUT2D eigenvalue weighted by Crippen LogP contribution is -2.38. The van der Waals surface area contributed by atoms with Crippen LogP contribution in [-0.2, 0) is 27.5 Å². The summed E-state index contributed by atoms with van der Waals surface area (Å²) in [6.07, 6.45) is -1.22. The van der Waals surface area contributed by atoms with E-state index in [-0.39, 0.29) is 18.7 Å². The summed E-state index contributed by atoms with van der Waals surface area (Å²) in [5.74, 6) is -6.60. The van der Waals surface area contributed by atoms with Gasteiger partial charge in [0.05, 0.1) is 18.0 Å². The van der Waals surface area contributed by atoms with Gasteiger partial charge in [-0.15, -0.1) is 0 Å². The van der Waals surface area contributed by atoms with Gasteiger partial charge >= 0.3 is 0 Å². The molecule has 2 amide bonds. The van der Waals surface area contributed by atoms with E-state index in [2.05, 4.69) is 25.2 Å². The molecule has 6 nitrogen and oxygen atoms in total. The number of rotatable bonds is 5. The van der Waals surface area contributed by atoms with Gasteiger partial charge in [-0.25, -0.2) is 8.78 Å². The molecule has 3 aliphatic rings. The second-order valence-electron chi connectivity index (χ2n) is 9.60. The van der Waals surface area contributed by atoms with E-state index in [1.54, 1.807) is 4.90 Å². The Labute approximate surface area is 186 Å². The van der Waals surface area contributed by atoms with Crippen LogP contribution in [0.15, 0.2) is 18.2 Å². The molecular formula is C24H27F2N3O3. The summed E-state index contributed by atoms with van der Waals surface area (Å²) in [6, 6.07) is 6.96. The number of amides is 2. The molecule has 2 unspecified atom stereocenters. The molecule has 1 saturated heterocycles. The van der Waals surface area contributed by atoms with Crippen LogP contribution in [0.25, 0.3) is 0 Å². The highest BCUT2D eigenvalue weighted by Gasteiger charge is 2.52. The third-order valence-electron chi connectivity index (χ3n) is 7.02. The van der Waals surface area contributed by atoms with Crippen LogP contribution in [0.2, 0.25) is 0 Å². The fourth-order valence-corrected chi connectivity index (χ4v) is 5.31. The van der Waals surface area contributed by atoms with E-state index >= 15 is 0 Å². The van der Waals surface area contributed by atoms with Crippen molar-refractivity contribution < 1.29 is 23.2 Å². The van der Waals surface area contributed by atoms with Gasteiger partial charge in [-0.1, -0.05) is 32.0 Å². The lowest BCUT2D eigenvalue weighted by molar-refractivity contribution is -0.135. The second-order valence-corrected chi connectivity index (χ2v) is 9.60. The number of benzene rings is 1. The van der Waals surface area contributed by atoms with E-state index in [1.165, 1.54) is 5.56 Å². The number of hydrogen-bond acceptors (Lipinski definition) is 4. The molecule has 1 aromatic rings. The Morgan fingerprint density at radius 1 is 1.28 bits per heavy atom. The van der Waals surface area contributed by atoms with E-state index in [0.29, 0.717) is 19.0 Å². The zero-order valence-electron chi connectivity index (χ0n) is 18.2. The second kappa shape index (κ2) is 8.27. The molecule has 8 heteroatoms. The largest absolute Gasteiger partial charge is 0.346 e. The fourth-order valence-electron chi connectivity index (χ4n) is 5.31. The molecule has 2 aliphatic heterocycles. The third-order valence-corrected chi connectivity index (χ3v) is 7.02. The van der Waals surface area contributed by atoms with Crippen LogP contribution in [0.3, 0.4) is 0 Å². The molecule has 0 bridgehead atoms. The van der Waals surface area contributed by atoms with Crippen LogP contribution in [0.4, 0.5) is 8.78 Å². The number of halogens is 2. The highest BCUT2D eigenvalue weighted by atomic mass is 19.3. The molecular weight excluding hydrogens is 416 g/mol. The Morgan fingerprint density at radius 2 is 2.03 bits per heavy atom. The zero-order valence-corrected chi connectivity index (χ0v) is 18.2. The summed E-state index contributed by atoms with van der Waals surface area (Å²) >= 11 is 0. The maximum absolute atomic E-state index is 13.7. The number of carbonyl (C=O) groups excluding carboxylic acids is 3. The van der Waals surface area contributed by atoms with Gasteiger partial charge in [0, 0.05) is 44.2 Å². The number of carbonyl (C=O) groups is 3. The number of Topliss-reactive ketones (excluding diaryl/α,β-unsaturated/α-hetero) is 1. The van der Waals surface area contributed by atoms with Crippen molar-refractivity contribution in [1.82, 2.24) is 10.2 Å². The standard InChI is InChI=1S/C24H27F2N3O3/c1-13(2)17-5-3-4-14-11-29(12-19(14)17)21(30)7-15-6-20(28-23(15)32)22(31)18-9-24(25,26)8-16(18)10-27/h3-5,13,15-16,18,20H,6-9,11-12H2,1-2H3,(H,28,32)/t15-,16-,18?,20?/m0/s1.